The molecule has 1 unspecified atom stereocenters. The van der Waals surface area contributed by atoms with Gasteiger partial charge in [0.05, 0.1) is 23.2 Å². The fourth-order valence-electron chi connectivity index (χ4n) is 2.86. The van der Waals surface area contributed by atoms with Crippen LogP contribution in [0.1, 0.15) is 17.5 Å². The first-order valence-electron chi connectivity index (χ1n) is 7.85. The van der Waals surface area contributed by atoms with Crippen LogP contribution in [0, 0.1) is 30.0 Å². The molecule has 25 heavy (non-hydrogen) atoms. The highest BCUT2D eigenvalue weighted by molar-refractivity contribution is 6.03. The fraction of sp³-hybridized carbons (Fsp3) is 0.211. The molecule has 1 atom stereocenters. The second-order valence-electron chi connectivity index (χ2n) is 6.04. The number of benzene rings is 2. The number of aryl methyl sites for hydroxylation is 1. The van der Waals surface area contributed by atoms with E-state index in [1.165, 1.54) is 11.0 Å². The minimum Gasteiger partial charge on any atom is -0.326 e. The summed E-state index contributed by atoms with van der Waals surface area (Å²) >= 11 is 0. The quantitative estimate of drug-likeness (QED) is 0.936. The molecule has 1 saturated heterocycles. The lowest BCUT2D eigenvalue weighted by atomic mass is 10.1. The summed E-state index contributed by atoms with van der Waals surface area (Å²) in [5.41, 5.74) is 1.89. The third kappa shape index (κ3) is 3.50. The van der Waals surface area contributed by atoms with E-state index < -0.39 is 11.7 Å². The number of hydrogen-bond acceptors (Lipinski definition) is 3. The van der Waals surface area contributed by atoms with Gasteiger partial charge in [0.25, 0.3) is 0 Å². The van der Waals surface area contributed by atoms with Crippen LogP contribution in [0.4, 0.5) is 15.8 Å². The number of carbonyl (C=O) groups is 2. The van der Waals surface area contributed by atoms with Crippen LogP contribution in [0.5, 0.6) is 0 Å². The Morgan fingerprint density at radius 2 is 2.12 bits per heavy atom. The van der Waals surface area contributed by atoms with E-state index in [-0.39, 0.29) is 30.5 Å². The lowest BCUT2D eigenvalue weighted by Gasteiger charge is -2.17. The summed E-state index contributed by atoms with van der Waals surface area (Å²) in [7, 11) is 0. The van der Waals surface area contributed by atoms with Gasteiger partial charge in [-0.2, -0.15) is 5.26 Å². The Morgan fingerprint density at radius 3 is 2.84 bits per heavy atom. The molecule has 2 aromatic rings. The molecule has 126 valence electrons. The first-order valence-corrected chi connectivity index (χ1v) is 7.85. The molecule has 0 spiro atoms. The standard InChI is InChI=1S/C19H16FN3O2/c1-12-5-6-17(16(20)7-12)23-11-14(9-18(23)24)19(25)22-15-4-2-3-13(8-15)10-21/h2-8,14H,9,11H2,1H3,(H,22,25). The molecule has 0 aromatic heterocycles. The van der Waals surface area contributed by atoms with Crippen molar-refractivity contribution in [3.8, 4) is 6.07 Å². The number of nitrogens with zero attached hydrogens (tertiary/aromatic N) is 2. The molecular formula is C19H16FN3O2. The van der Waals surface area contributed by atoms with Crippen molar-refractivity contribution < 1.29 is 14.0 Å². The second-order valence-corrected chi connectivity index (χ2v) is 6.04. The van der Waals surface area contributed by atoms with E-state index in [0.717, 1.165) is 5.56 Å². The molecule has 1 heterocycles. The molecule has 1 fully saturated rings. The molecule has 5 nitrogen and oxygen atoms in total. The van der Waals surface area contributed by atoms with Gasteiger partial charge in [0.2, 0.25) is 11.8 Å². The number of hydrogen-bond donors (Lipinski definition) is 1. The lowest BCUT2D eigenvalue weighted by Crippen LogP contribution is -2.28. The van der Waals surface area contributed by atoms with Gasteiger partial charge in [-0.15, -0.1) is 0 Å². The molecule has 6 heteroatoms. The summed E-state index contributed by atoms with van der Waals surface area (Å²) in [6.07, 6.45) is 0.0249. The Morgan fingerprint density at radius 1 is 1.32 bits per heavy atom. The van der Waals surface area contributed by atoms with Gasteiger partial charge in [-0.05, 0) is 42.8 Å². The first kappa shape index (κ1) is 16.7. The average Bonchev–Trinajstić information content (AvgIpc) is 2.97. The Bertz CT molecular complexity index is 888. The number of anilines is 2. The van der Waals surface area contributed by atoms with Gasteiger partial charge in [0, 0.05) is 18.7 Å². The zero-order chi connectivity index (χ0) is 18.0. The minimum absolute atomic E-state index is 0.0249. The van der Waals surface area contributed by atoms with E-state index in [9.17, 15) is 14.0 Å². The zero-order valence-electron chi connectivity index (χ0n) is 13.6. The first-order chi connectivity index (χ1) is 12.0. The van der Waals surface area contributed by atoms with Gasteiger partial charge >= 0.3 is 0 Å². The molecule has 2 amide bonds. The van der Waals surface area contributed by atoms with Crippen LogP contribution >= 0.6 is 0 Å². The number of carbonyl (C=O) groups excluding carboxylic acids is 2. The van der Waals surface area contributed by atoms with E-state index in [1.54, 1.807) is 43.3 Å². The van der Waals surface area contributed by atoms with Crippen molar-refractivity contribution in [2.24, 2.45) is 5.92 Å². The third-order valence-electron chi connectivity index (χ3n) is 4.15. The monoisotopic (exact) mass is 337 g/mol. The molecule has 0 saturated carbocycles. The average molecular weight is 337 g/mol. The molecule has 1 aliphatic heterocycles. The van der Waals surface area contributed by atoms with E-state index in [4.69, 9.17) is 5.26 Å². The van der Waals surface area contributed by atoms with Crippen LogP contribution in [0.2, 0.25) is 0 Å². The smallest absolute Gasteiger partial charge is 0.229 e. The summed E-state index contributed by atoms with van der Waals surface area (Å²) in [4.78, 5) is 25.9. The Hall–Kier alpha value is -3.20. The molecular weight excluding hydrogens is 321 g/mol. The maximum Gasteiger partial charge on any atom is 0.229 e. The highest BCUT2D eigenvalue weighted by Crippen LogP contribution is 2.28. The van der Waals surface area contributed by atoms with Crippen LogP contribution in [0.25, 0.3) is 0 Å². The zero-order valence-corrected chi connectivity index (χ0v) is 13.6. The lowest BCUT2D eigenvalue weighted by molar-refractivity contribution is -0.122. The Balaban J connectivity index is 1.73. The number of nitrogens with one attached hydrogen (secondary N) is 1. The van der Waals surface area contributed by atoms with Gasteiger partial charge in [0.15, 0.2) is 0 Å². The molecule has 0 radical (unpaired) electrons. The van der Waals surface area contributed by atoms with Crippen LogP contribution in [-0.2, 0) is 9.59 Å². The van der Waals surface area contributed by atoms with Crippen molar-refractivity contribution in [2.45, 2.75) is 13.3 Å². The fourth-order valence-corrected chi connectivity index (χ4v) is 2.86. The molecule has 0 bridgehead atoms. The Labute approximate surface area is 144 Å². The maximum absolute atomic E-state index is 14.1. The predicted octanol–water partition coefficient (Wildman–Crippen LogP) is 3.00. The van der Waals surface area contributed by atoms with Crippen molar-refractivity contribution in [1.29, 1.82) is 5.26 Å². The number of halogens is 1. The van der Waals surface area contributed by atoms with Crippen molar-refractivity contribution in [1.82, 2.24) is 0 Å². The van der Waals surface area contributed by atoms with Crippen molar-refractivity contribution in [3.63, 3.8) is 0 Å². The summed E-state index contributed by atoms with van der Waals surface area (Å²) in [5, 5.41) is 11.6. The normalized spacial score (nSPS) is 16.6. The van der Waals surface area contributed by atoms with E-state index in [2.05, 4.69) is 5.32 Å². The van der Waals surface area contributed by atoms with E-state index in [0.29, 0.717) is 11.3 Å². The van der Waals surface area contributed by atoms with E-state index >= 15 is 0 Å². The second kappa shape index (κ2) is 6.73. The van der Waals surface area contributed by atoms with Crippen molar-refractivity contribution >= 4 is 23.2 Å². The van der Waals surface area contributed by atoms with Crippen molar-refractivity contribution in [3.05, 3.63) is 59.4 Å². The van der Waals surface area contributed by atoms with E-state index in [1.807, 2.05) is 6.07 Å². The minimum atomic E-state index is -0.570. The topological polar surface area (TPSA) is 73.2 Å². The number of rotatable bonds is 3. The summed E-state index contributed by atoms with van der Waals surface area (Å²) in [6.45, 7) is 1.90. The largest absolute Gasteiger partial charge is 0.326 e. The molecule has 2 aromatic carbocycles. The number of nitriles is 1. The SMILES string of the molecule is Cc1ccc(N2CC(C(=O)Nc3cccc(C#N)c3)CC2=O)c(F)c1. The predicted molar refractivity (Wildman–Crippen MR) is 91.4 cm³/mol. The summed E-state index contributed by atoms with van der Waals surface area (Å²) in [6, 6.07) is 13.2. The number of amides is 2. The van der Waals surface area contributed by atoms with Crippen LogP contribution < -0.4 is 10.2 Å². The molecule has 3 rings (SSSR count). The van der Waals surface area contributed by atoms with Crippen LogP contribution in [0.15, 0.2) is 42.5 Å². The van der Waals surface area contributed by atoms with Crippen LogP contribution in [0.3, 0.4) is 0 Å². The summed E-state index contributed by atoms with van der Waals surface area (Å²) in [5.74, 6) is -1.65. The molecule has 1 N–H and O–H groups in total. The maximum atomic E-state index is 14.1. The highest BCUT2D eigenvalue weighted by atomic mass is 19.1. The van der Waals surface area contributed by atoms with Crippen molar-refractivity contribution in [2.75, 3.05) is 16.8 Å². The Kier molecular flexibility index (Phi) is 4.48. The van der Waals surface area contributed by atoms with Gasteiger partial charge in [-0.1, -0.05) is 12.1 Å². The summed E-state index contributed by atoms with van der Waals surface area (Å²) < 4.78 is 14.1. The van der Waals surface area contributed by atoms with Gasteiger partial charge in [-0.25, -0.2) is 4.39 Å². The third-order valence-corrected chi connectivity index (χ3v) is 4.15. The van der Waals surface area contributed by atoms with Gasteiger partial charge in [0.1, 0.15) is 5.82 Å². The van der Waals surface area contributed by atoms with Gasteiger partial charge < -0.3 is 10.2 Å². The highest BCUT2D eigenvalue weighted by Gasteiger charge is 2.36. The molecule has 1 aliphatic rings. The van der Waals surface area contributed by atoms with Crippen LogP contribution in [-0.4, -0.2) is 18.4 Å². The van der Waals surface area contributed by atoms with Gasteiger partial charge in [-0.3, -0.25) is 9.59 Å². The molecule has 0 aliphatic carbocycles.